The van der Waals surface area contributed by atoms with Gasteiger partial charge >= 0.3 is 0 Å². The summed E-state index contributed by atoms with van der Waals surface area (Å²) in [5, 5.41) is 10.7. The lowest BCUT2D eigenvalue weighted by Crippen LogP contribution is -2.42. The summed E-state index contributed by atoms with van der Waals surface area (Å²) in [5.74, 6) is 0.564. The van der Waals surface area contributed by atoms with E-state index in [1.165, 1.54) is 0 Å². The maximum atomic E-state index is 13.0. The fourth-order valence-corrected chi connectivity index (χ4v) is 3.21. The highest BCUT2D eigenvalue weighted by Gasteiger charge is 2.25. The zero-order chi connectivity index (χ0) is 16.5. The first-order chi connectivity index (χ1) is 11.7. The minimum atomic E-state index is -0.444. The summed E-state index contributed by atoms with van der Waals surface area (Å²) in [5.41, 5.74) is 1.99. The van der Waals surface area contributed by atoms with Crippen LogP contribution in [0.4, 0.5) is 0 Å². The number of piperidine rings is 1. The summed E-state index contributed by atoms with van der Waals surface area (Å²) in [6.07, 6.45) is 2.72. The summed E-state index contributed by atoms with van der Waals surface area (Å²) in [7, 11) is 0. The molecule has 0 aliphatic carbocycles. The molecular formula is C19H18N2O3. The van der Waals surface area contributed by atoms with Gasteiger partial charge in [0.25, 0.3) is 5.91 Å². The number of hydrogen-bond acceptors (Lipinski definition) is 4. The zero-order valence-electron chi connectivity index (χ0n) is 13.2. The van der Waals surface area contributed by atoms with Crippen LogP contribution in [0, 0.1) is 0 Å². The van der Waals surface area contributed by atoms with Crippen LogP contribution in [0.25, 0.3) is 22.4 Å². The maximum absolute atomic E-state index is 13.0. The number of benzene rings is 1. The molecule has 3 aromatic rings. The average molecular weight is 322 g/mol. The van der Waals surface area contributed by atoms with Crippen LogP contribution in [0.3, 0.4) is 0 Å². The number of amides is 1. The van der Waals surface area contributed by atoms with Gasteiger partial charge in [-0.15, -0.1) is 0 Å². The third-order valence-electron chi connectivity index (χ3n) is 4.40. The molecule has 1 N–H and O–H groups in total. The number of fused-ring (bicyclic) bond motifs is 1. The van der Waals surface area contributed by atoms with Gasteiger partial charge in [0.2, 0.25) is 0 Å². The molecule has 1 saturated heterocycles. The normalized spacial score (nSPS) is 18.0. The number of aromatic nitrogens is 1. The number of carbonyl (C=O) groups is 1. The number of carbonyl (C=O) groups excluding carboxylic acids is 1. The molecule has 3 heterocycles. The van der Waals surface area contributed by atoms with Gasteiger partial charge in [0.05, 0.1) is 23.4 Å². The second-order valence-electron chi connectivity index (χ2n) is 6.10. The summed E-state index contributed by atoms with van der Waals surface area (Å²) in [6.45, 7) is 1.05. The number of aliphatic hydroxyl groups is 1. The lowest BCUT2D eigenvalue weighted by Gasteiger charge is -2.30. The van der Waals surface area contributed by atoms with Crippen LogP contribution in [-0.2, 0) is 0 Å². The second-order valence-corrected chi connectivity index (χ2v) is 6.10. The number of rotatable bonds is 2. The lowest BCUT2D eigenvalue weighted by atomic mass is 10.0. The largest absolute Gasteiger partial charge is 0.463 e. The van der Waals surface area contributed by atoms with E-state index in [4.69, 9.17) is 4.42 Å². The molecular weight excluding hydrogens is 304 g/mol. The Labute approximate surface area is 139 Å². The fourth-order valence-electron chi connectivity index (χ4n) is 3.21. The molecule has 0 radical (unpaired) electrons. The average Bonchev–Trinajstić information content (AvgIpc) is 3.15. The molecule has 4 rings (SSSR count). The van der Waals surface area contributed by atoms with Crippen LogP contribution < -0.4 is 0 Å². The molecule has 0 spiro atoms. The number of furan rings is 1. The number of aliphatic hydroxyl groups excluding tert-OH is 1. The molecule has 5 nitrogen and oxygen atoms in total. The van der Waals surface area contributed by atoms with Crippen molar-refractivity contribution in [1.29, 1.82) is 0 Å². The van der Waals surface area contributed by atoms with E-state index in [1.54, 1.807) is 23.3 Å². The first kappa shape index (κ1) is 14.9. The van der Waals surface area contributed by atoms with Crippen molar-refractivity contribution in [1.82, 2.24) is 9.88 Å². The van der Waals surface area contributed by atoms with Gasteiger partial charge in [-0.2, -0.15) is 0 Å². The number of nitrogens with zero attached hydrogens (tertiary/aromatic N) is 2. The van der Waals surface area contributed by atoms with Crippen molar-refractivity contribution in [3.63, 3.8) is 0 Å². The van der Waals surface area contributed by atoms with E-state index in [1.807, 2.05) is 30.3 Å². The van der Waals surface area contributed by atoms with Crippen molar-refractivity contribution < 1.29 is 14.3 Å². The molecule has 1 aromatic carbocycles. The zero-order valence-corrected chi connectivity index (χ0v) is 13.2. The smallest absolute Gasteiger partial charge is 0.254 e. The van der Waals surface area contributed by atoms with E-state index in [0.717, 1.165) is 23.7 Å². The Balaban J connectivity index is 1.82. The standard InChI is InChI=1S/C19H18N2O3/c22-13-5-3-9-21(12-13)19(23)15-11-17(18-8-4-10-24-18)20-16-7-2-1-6-14(15)16/h1-2,4,6-8,10-11,13,22H,3,5,9,12H2. The predicted octanol–water partition coefficient (Wildman–Crippen LogP) is 3.09. The van der Waals surface area contributed by atoms with Crippen molar-refractivity contribution in [3.05, 3.63) is 54.3 Å². The molecule has 0 bridgehead atoms. The number of pyridine rings is 1. The number of hydrogen-bond donors (Lipinski definition) is 1. The van der Waals surface area contributed by atoms with Crippen molar-refractivity contribution in [2.24, 2.45) is 0 Å². The predicted molar refractivity (Wildman–Crippen MR) is 90.6 cm³/mol. The summed E-state index contributed by atoms with van der Waals surface area (Å²) < 4.78 is 5.44. The summed E-state index contributed by atoms with van der Waals surface area (Å²) in [4.78, 5) is 19.4. The number of para-hydroxylation sites is 1. The molecule has 1 unspecified atom stereocenters. The topological polar surface area (TPSA) is 66.6 Å². The molecule has 1 aliphatic rings. The van der Waals surface area contributed by atoms with Gasteiger partial charge in [-0.3, -0.25) is 4.79 Å². The van der Waals surface area contributed by atoms with E-state index < -0.39 is 6.10 Å². The molecule has 5 heteroatoms. The van der Waals surface area contributed by atoms with Gasteiger partial charge in [-0.25, -0.2) is 4.98 Å². The van der Waals surface area contributed by atoms with Crippen LogP contribution in [-0.4, -0.2) is 40.1 Å². The fraction of sp³-hybridized carbons (Fsp3) is 0.263. The minimum Gasteiger partial charge on any atom is -0.463 e. The van der Waals surface area contributed by atoms with Gasteiger partial charge in [-0.1, -0.05) is 18.2 Å². The van der Waals surface area contributed by atoms with E-state index in [9.17, 15) is 9.90 Å². The Hall–Kier alpha value is -2.66. The quantitative estimate of drug-likeness (QED) is 0.787. The Morgan fingerprint density at radius 3 is 2.92 bits per heavy atom. The molecule has 1 aliphatic heterocycles. The van der Waals surface area contributed by atoms with Crippen molar-refractivity contribution in [2.45, 2.75) is 18.9 Å². The summed E-state index contributed by atoms with van der Waals surface area (Å²) >= 11 is 0. The monoisotopic (exact) mass is 322 g/mol. The highest BCUT2D eigenvalue weighted by molar-refractivity contribution is 6.07. The van der Waals surface area contributed by atoms with Crippen molar-refractivity contribution in [2.75, 3.05) is 13.1 Å². The van der Waals surface area contributed by atoms with E-state index in [2.05, 4.69) is 4.98 Å². The minimum absolute atomic E-state index is 0.0693. The highest BCUT2D eigenvalue weighted by Crippen LogP contribution is 2.27. The maximum Gasteiger partial charge on any atom is 0.254 e. The van der Waals surface area contributed by atoms with Crippen LogP contribution in [0.5, 0.6) is 0 Å². The molecule has 0 saturated carbocycles. The molecule has 24 heavy (non-hydrogen) atoms. The first-order valence-electron chi connectivity index (χ1n) is 8.13. The Morgan fingerprint density at radius 1 is 1.25 bits per heavy atom. The van der Waals surface area contributed by atoms with E-state index >= 15 is 0 Å². The van der Waals surface area contributed by atoms with Crippen molar-refractivity contribution >= 4 is 16.8 Å². The van der Waals surface area contributed by atoms with Crippen LogP contribution in [0.1, 0.15) is 23.2 Å². The lowest BCUT2D eigenvalue weighted by molar-refractivity contribution is 0.0475. The van der Waals surface area contributed by atoms with Crippen LogP contribution in [0.2, 0.25) is 0 Å². The number of likely N-dealkylation sites (tertiary alicyclic amines) is 1. The van der Waals surface area contributed by atoms with E-state index in [0.29, 0.717) is 30.1 Å². The SMILES string of the molecule is O=C(c1cc(-c2ccco2)nc2ccccc12)N1CCCC(O)C1. The van der Waals surface area contributed by atoms with Crippen LogP contribution in [0.15, 0.2) is 53.1 Å². The van der Waals surface area contributed by atoms with Gasteiger partial charge in [-0.05, 0) is 37.1 Å². The van der Waals surface area contributed by atoms with Gasteiger partial charge < -0.3 is 14.4 Å². The summed E-state index contributed by atoms with van der Waals surface area (Å²) in [6, 6.07) is 13.0. The molecule has 1 amide bonds. The highest BCUT2D eigenvalue weighted by atomic mass is 16.3. The van der Waals surface area contributed by atoms with Gasteiger partial charge in [0.1, 0.15) is 5.69 Å². The van der Waals surface area contributed by atoms with Gasteiger partial charge in [0, 0.05) is 18.5 Å². The number of β-amino-alcohol motifs (C(OH)–C–C–N with tert-alkyl or cyclic N) is 1. The molecule has 1 fully saturated rings. The third-order valence-corrected chi connectivity index (χ3v) is 4.40. The van der Waals surface area contributed by atoms with E-state index in [-0.39, 0.29) is 5.91 Å². The first-order valence-corrected chi connectivity index (χ1v) is 8.13. The molecule has 122 valence electrons. The second kappa shape index (κ2) is 6.09. The molecule has 2 aromatic heterocycles. The third kappa shape index (κ3) is 2.67. The van der Waals surface area contributed by atoms with Crippen molar-refractivity contribution in [3.8, 4) is 11.5 Å². The van der Waals surface area contributed by atoms with Gasteiger partial charge in [0.15, 0.2) is 5.76 Å². The molecule has 1 atom stereocenters. The Kier molecular flexibility index (Phi) is 3.78. The Bertz CT molecular complexity index is 873. The Morgan fingerprint density at radius 2 is 2.12 bits per heavy atom. The van der Waals surface area contributed by atoms with Crippen LogP contribution >= 0.6 is 0 Å².